The highest BCUT2D eigenvalue weighted by Gasteiger charge is 2.45. The first kappa shape index (κ1) is 25.2. The van der Waals surface area contributed by atoms with Gasteiger partial charge in [-0.1, -0.05) is 44.3 Å². The Morgan fingerprint density at radius 1 is 1.22 bits per heavy atom. The number of carbonyl (C=O) groups excluding carboxylic acids is 1. The van der Waals surface area contributed by atoms with E-state index in [1.54, 1.807) is 17.6 Å². The van der Waals surface area contributed by atoms with E-state index in [1.807, 2.05) is 30.0 Å². The number of hydrogen-bond acceptors (Lipinski definition) is 7. The van der Waals surface area contributed by atoms with Crippen molar-refractivity contribution in [2.24, 2.45) is 0 Å². The van der Waals surface area contributed by atoms with Gasteiger partial charge in [0.2, 0.25) is 0 Å². The summed E-state index contributed by atoms with van der Waals surface area (Å²) in [7, 11) is -1.51. The topological polar surface area (TPSA) is 102 Å². The number of esters is 1. The largest absolute Gasteiger partial charge is 0.458 e. The number of hydrogen-bond donors (Lipinski definition) is 2. The van der Waals surface area contributed by atoms with E-state index < -0.39 is 19.6 Å². The Labute approximate surface area is 215 Å². The number of aliphatic hydroxyl groups is 2. The number of pyridine rings is 2. The maximum Gasteiger partial charge on any atom is 0.343 e. The molecule has 2 aliphatic heterocycles. The highest BCUT2D eigenvalue weighted by Crippen LogP contribution is 2.40. The average molecular weight is 525 g/mol. The van der Waals surface area contributed by atoms with E-state index in [0.717, 1.165) is 45.8 Å². The van der Waals surface area contributed by atoms with Crippen LogP contribution in [0.4, 0.5) is 0 Å². The van der Waals surface area contributed by atoms with Crippen LogP contribution in [0.2, 0.25) is 19.1 Å². The van der Waals surface area contributed by atoms with Crippen LogP contribution in [-0.2, 0) is 34.7 Å². The fourth-order valence-electron chi connectivity index (χ4n) is 5.35. The van der Waals surface area contributed by atoms with Gasteiger partial charge in [0.25, 0.3) is 5.56 Å². The number of ether oxygens (including phenoxy) is 1. The Morgan fingerprint density at radius 3 is 2.75 bits per heavy atom. The fraction of sp³-hybridized carbons (Fsp3) is 0.444. The van der Waals surface area contributed by atoms with Gasteiger partial charge in [0, 0.05) is 22.3 Å². The van der Waals surface area contributed by atoms with Gasteiger partial charge in [0.1, 0.15) is 6.61 Å². The molecule has 190 valence electrons. The molecular formula is C27H32N2O5SSi. The molecule has 0 amide bonds. The molecule has 0 unspecified atom stereocenters. The van der Waals surface area contributed by atoms with Crippen molar-refractivity contribution in [2.45, 2.75) is 57.7 Å². The third-order valence-corrected chi connectivity index (χ3v) is 13.5. The zero-order valence-electron chi connectivity index (χ0n) is 21.0. The van der Waals surface area contributed by atoms with Crippen molar-refractivity contribution in [3.63, 3.8) is 0 Å². The molecule has 2 aromatic heterocycles. The molecule has 0 fully saturated rings. The summed E-state index contributed by atoms with van der Waals surface area (Å²) >= 11 is 1.82. The average Bonchev–Trinajstić information content (AvgIpc) is 3.23. The minimum atomic E-state index is -1.83. The number of nitrogens with zero attached hydrogens (tertiary/aromatic N) is 2. The lowest BCUT2D eigenvalue weighted by Gasteiger charge is -2.31. The van der Waals surface area contributed by atoms with Crippen molar-refractivity contribution >= 4 is 36.7 Å². The molecule has 3 aromatic rings. The maximum absolute atomic E-state index is 13.6. The number of fused-ring (bicyclic) bond motifs is 5. The molecule has 0 spiro atoms. The van der Waals surface area contributed by atoms with Crippen molar-refractivity contribution in [2.75, 3.05) is 17.7 Å². The van der Waals surface area contributed by atoms with E-state index >= 15 is 0 Å². The Bertz CT molecular complexity index is 1420. The van der Waals surface area contributed by atoms with Crippen LogP contribution < -0.4 is 5.56 Å². The Morgan fingerprint density at radius 2 is 2.00 bits per heavy atom. The van der Waals surface area contributed by atoms with Gasteiger partial charge in [-0.15, -0.1) is 0 Å². The Hall–Kier alpha value is -2.46. The summed E-state index contributed by atoms with van der Waals surface area (Å²) in [6, 6.07) is 11.0. The second kappa shape index (κ2) is 9.44. The van der Waals surface area contributed by atoms with Gasteiger partial charge >= 0.3 is 5.97 Å². The summed E-state index contributed by atoms with van der Waals surface area (Å²) in [5.74, 6) is 0.0574. The standard InChI is InChI=1S/C27H32N2O5SSi/c1-4-27(33)21-13-23-24-19(14-29(23)25(31)20(21)15-34-26(27)32)17(18-7-5-6-8-22(18)28-24)9-12-36(2,3)16-35-11-10-30/h5-8,13,30,33H,4,9-12,14-16H2,1-3H3/t27-/m0/s1. The lowest BCUT2D eigenvalue weighted by molar-refractivity contribution is -0.172. The van der Waals surface area contributed by atoms with Gasteiger partial charge in [-0.2, -0.15) is 11.8 Å². The number of thioether (sulfide) groups is 1. The van der Waals surface area contributed by atoms with Crippen LogP contribution in [0.25, 0.3) is 22.3 Å². The first-order chi connectivity index (χ1) is 17.2. The molecular weight excluding hydrogens is 492 g/mol. The van der Waals surface area contributed by atoms with Crippen LogP contribution in [-0.4, -0.2) is 51.5 Å². The monoisotopic (exact) mass is 524 g/mol. The van der Waals surface area contributed by atoms with Gasteiger partial charge < -0.3 is 19.5 Å². The minimum Gasteiger partial charge on any atom is -0.458 e. The van der Waals surface area contributed by atoms with E-state index in [2.05, 4.69) is 19.2 Å². The fourth-order valence-corrected chi connectivity index (χ4v) is 9.77. The molecule has 5 rings (SSSR count). The van der Waals surface area contributed by atoms with E-state index in [1.165, 1.54) is 5.56 Å². The minimum absolute atomic E-state index is 0.124. The molecule has 0 radical (unpaired) electrons. The van der Waals surface area contributed by atoms with Crippen LogP contribution in [0.1, 0.15) is 35.6 Å². The lowest BCUT2D eigenvalue weighted by atomic mass is 9.86. The van der Waals surface area contributed by atoms with E-state index in [-0.39, 0.29) is 25.2 Å². The molecule has 1 atom stereocenters. The van der Waals surface area contributed by atoms with Gasteiger partial charge in [0.15, 0.2) is 5.60 Å². The molecule has 4 heterocycles. The lowest BCUT2D eigenvalue weighted by Crippen LogP contribution is -2.44. The summed E-state index contributed by atoms with van der Waals surface area (Å²) in [5.41, 5.74) is 3.19. The van der Waals surface area contributed by atoms with Crippen LogP contribution in [0.15, 0.2) is 35.1 Å². The summed E-state index contributed by atoms with van der Waals surface area (Å²) in [5, 5.41) is 22.5. The van der Waals surface area contributed by atoms with Crippen LogP contribution in [0.3, 0.4) is 0 Å². The van der Waals surface area contributed by atoms with Crippen molar-refractivity contribution < 1.29 is 19.7 Å². The van der Waals surface area contributed by atoms with Crippen LogP contribution in [0, 0.1) is 0 Å². The van der Waals surface area contributed by atoms with Crippen molar-refractivity contribution in [1.82, 2.24) is 9.55 Å². The van der Waals surface area contributed by atoms with Crippen LogP contribution in [0.5, 0.6) is 0 Å². The van der Waals surface area contributed by atoms with Crippen LogP contribution >= 0.6 is 11.8 Å². The molecule has 7 nitrogen and oxygen atoms in total. The molecule has 0 bridgehead atoms. The third-order valence-electron chi connectivity index (χ3n) is 7.49. The van der Waals surface area contributed by atoms with Gasteiger partial charge in [-0.05, 0) is 35.9 Å². The molecule has 2 aliphatic rings. The van der Waals surface area contributed by atoms with Crippen molar-refractivity contribution in [3.8, 4) is 11.4 Å². The predicted octanol–water partition coefficient (Wildman–Crippen LogP) is 3.60. The summed E-state index contributed by atoms with van der Waals surface area (Å²) < 4.78 is 6.92. The maximum atomic E-state index is 13.6. The predicted molar refractivity (Wildman–Crippen MR) is 145 cm³/mol. The van der Waals surface area contributed by atoms with Gasteiger partial charge in [-0.3, -0.25) is 4.79 Å². The molecule has 0 saturated carbocycles. The molecule has 36 heavy (non-hydrogen) atoms. The number of aryl methyl sites for hydroxylation is 1. The second-order valence-corrected chi connectivity index (χ2v) is 17.3. The van der Waals surface area contributed by atoms with E-state index in [4.69, 9.17) is 14.8 Å². The number of rotatable bonds is 8. The number of aliphatic hydroxyl groups excluding tert-OH is 1. The number of para-hydroxylation sites is 1. The number of aromatic nitrogens is 2. The summed E-state index contributed by atoms with van der Waals surface area (Å²) in [6.45, 7) is 6.98. The quantitative estimate of drug-likeness (QED) is 0.206. The van der Waals surface area contributed by atoms with Gasteiger partial charge in [-0.25, -0.2) is 9.78 Å². The molecule has 1 aromatic carbocycles. The Kier molecular flexibility index (Phi) is 6.61. The number of benzene rings is 1. The number of cyclic esters (lactones) is 1. The van der Waals surface area contributed by atoms with E-state index in [0.29, 0.717) is 23.4 Å². The molecule has 2 N–H and O–H groups in total. The summed E-state index contributed by atoms with van der Waals surface area (Å²) in [4.78, 5) is 31.0. The summed E-state index contributed by atoms with van der Waals surface area (Å²) in [6.07, 6.45) is 1.02. The first-order valence-corrected chi connectivity index (χ1v) is 17.0. The number of carbonyl (C=O) groups is 1. The SMILES string of the molecule is CC[C@@]1(O)C(=O)OCc2c1cc1n(c2=O)Cc2c-1nc1ccccc1c2CC[Si](C)(C)CSCCO. The molecule has 9 heteroatoms. The third kappa shape index (κ3) is 4.12. The highest BCUT2D eigenvalue weighted by atomic mass is 32.2. The van der Waals surface area contributed by atoms with Crippen molar-refractivity contribution in [3.05, 3.63) is 62.9 Å². The second-order valence-electron chi connectivity index (χ2n) is 10.5. The highest BCUT2D eigenvalue weighted by molar-refractivity contribution is 8.00. The zero-order chi connectivity index (χ0) is 25.7. The zero-order valence-corrected chi connectivity index (χ0v) is 22.8. The van der Waals surface area contributed by atoms with Crippen molar-refractivity contribution in [1.29, 1.82) is 0 Å². The Balaban J connectivity index is 1.62. The molecule has 0 aliphatic carbocycles. The first-order valence-electron chi connectivity index (χ1n) is 12.5. The smallest absolute Gasteiger partial charge is 0.343 e. The van der Waals surface area contributed by atoms with Gasteiger partial charge in [0.05, 0.1) is 43.7 Å². The van der Waals surface area contributed by atoms with E-state index in [9.17, 15) is 14.7 Å². The normalized spacial score (nSPS) is 18.6. The molecule has 0 saturated heterocycles.